The fraction of sp³-hybridized carbons (Fsp3) is 0.417. The van der Waals surface area contributed by atoms with E-state index in [1.54, 1.807) is 6.20 Å². The molecule has 10 heteroatoms. The maximum absolute atomic E-state index is 13.0. The highest BCUT2D eigenvalue weighted by molar-refractivity contribution is 7.10. The Morgan fingerprint density at radius 1 is 1.12 bits per heavy atom. The Morgan fingerprint density at radius 2 is 1.85 bits per heavy atom. The highest BCUT2D eigenvalue weighted by Crippen LogP contribution is 2.29. The van der Waals surface area contributed by atoms with E-state index in [2.05, 4.69) is 19.5 Å². The third-order valence-electron chi connectivity index (χ3n) is 6.63. The van der Waals surface area contributed by atoms with E-state index in [1.165, 1.54) is 25.9 Å². The number of hydrogen-bond donors (Lipinski definition) is 1. The van der Waals surface area contributed by atoms with Crippen molar-refractivity contribution in [2.45, 2.75) is 38.3 Å². The average molecular weight is 499 g/mol. The number of carbonyl (C=O) groups excluding carboxylic acids is 1. The van der Waals surface area contributed by atoms with Crippen molar-refractivity contribution in [1.29, 1.82) is 0 Å². The van der Waals surface area contributed by atoms with Crippen LogP contribution in [0, 0.1) is 0 Å². The second-order valence-corrected chi connectivity index (χ2v) is 10.1. The molecule has 8 nitrogen and oxygen atoms in total. The fourth-order valence-corrected chi connectivity index (χ4v) is 5.29. The minimum absolute atomic E-state index is 0.0969. The van der Waals surface area contributed by atoms with E-state index < -0.39 is 0 Å². The third-order valence-corrected chi connectivity index (χ3v) is 7.61. The molecule has 2 saturated heterocycles. The van der Waals surface area contributed by atoms with Gasteiger partial charge in [-0.1, -0.05) is 28.2 Å². The van der Waals surface area contributed by atoms with Crippen LogP contribution in [0.5, 0.6) is 5.75 Å². The van der Waals surface area contributed by atoms with Gasteiger partial charge in [0.1, 0.15) is 16.6 Å². The number of halogens is 1. The Balaban J connectivity index is 1.22. The Bertz CT molecular complexity index is 1140. The first-order valence-electron chi connectivity index (χ1n) is 11.6. The summed E-state index contributed by atoms with van der Waals surface area (Å²) in [6.07, 6.45) is 6.43. The summed E-state index contributed by atoms with van der Waals surface area (Å²) in [5.74, 6) is 0.828. The van der Waals surface area contributed by atoms with Gasteiger partial charge in [0.05, 0.1) is 0 Å². The lowest BCUT2D eigenvalue weighted by molar-refractivity contribution is 0.0644. The normalized spacial score (nSPS) is 17.3. The summed E-state index contributed by atoms with van der Waals surface area (Å²) >= 11 is 7.15. The summed E-state index contributed by atoms with van der Waals surface area (Å²) in [6, 6.07) is 10.1. The van der Waals surface area contributed by atoms with Crippen LogP contribution < -0.4 is 10.5 Å². The lowest BCUT2D eigenvalue weighted by Crippen LogP contribution is -2.45. The highest BCUT2D eigenvalue weighted by Gasteiger charge is 2.28. The maximum Gasteiger partial charge on any atom is 0.253 e. The van der Waals surface area contributed by atoms with Crippen molar-refractivity contribution in [1.82, 2.24) is 24.4 Å². The van der Waals surface area contributed by atoms with Crippen molar-refractivity contribution in [3.8, 4) is 16.9 Å². The predicted molar refractivity (Wildman–Crippen MR) is 133 cm³/mol. The van der Waals surface area contributed by atoms with Crippen LogP contribution in [-0.2, 0) is 6.61 Å². The molecule has 2 aliphatic heterocycles. The number of aromatic nitrogens is 3. The Kier molecular flexibility index (Phi) is 6.94. The molecular weight excluding hydrogens is 472 g/mol. The van der Waals surface area contributed by atoms with Crippen molar-refractivity contribution in [3.63, 3.8) is 0 Å². The summed E-state index contributed by atoms with van der Waals surface area (Å²) in [7, 11) is 0. The molecule has 3 aromatic rings. The highest BCUT2D eigenvalue weighted by atomic mass is 35.5. The molecule has 0 atom stereocenters. The van der Waals surface area contributed by atoms with Crippen LogP contribution in [0.25, 0.3) is 11.1 Å². The van der Waals surface area contributed by atoms with E-state index in [-0.39, 0.29) is 18.3 Å². The molecule has 0 saturated carbocycles. The Labute approximate surface area is 207 Å². The zero-order valence-corrected chi connectivity index (χ0v) is 20.4. The molecule has 0 unspecified atom stereocenters. The van der Waals surface area contributed by atoms with Gasteiger partial charge >= 0.3 is 0 Å². The molecule has 0 spiro atoms. The van der Waals surface area contributed by atoms with Crippen molar-refractivity contribution < 1.29 is 9.53 Å². The van der Waals surface area contributed by atoms with Crippen LogP contribution in [0.15, 0.2) is 36.5 Å². The summed E-state index contributed by atoms with van der Waals surface area (Å²) in [6.45, 7) is 4.23. The number of pyridine rings is 1. The molecule has 2 fully saturated rings. The lowest BCUT2D eigenvalue weighted by atomic mass is 10.0. The molecule has 0 aliphatic carbocycles. The molecule has 34 heavy (non-hydrogen) atoms. The SMILES string of the molecule is Nc1ncc(-c2ccc(C(=O)N3CCC(N4CCCC4)CC3)cc2)cc1OCc1nnsc1Cl. The molecule has 0 radical (unpaired) electrons. The average Bonchev–Trinajstić information content (AvgIpc) is 3.55. The first-order chi connectivity index (χ1) is 16.6. The summed E-state index contributed by atoms with van der Waals surface area (Å²) < 4.78 is 10.1. The van der Waals surface area contributed by atoms with Gasteiger partial charge in [-0.15, -0.1) is 5.10 Å². The van der Waals surface area contributed by atoms with E-state index >= 15 is 0 Å². The third kappa shape index (κ3) is 5.01. The molecule has 4 heterocycles. The monoisotopic (exact) mass is 498 g/mol. The van der Waals surface area contributed by atoms with Gasteiger partial charge < -0.3 is 20.3 Å². The molecule has 2 aromatic heterocycles. The number of likely N-dealkylation sites (tertiary alicyclic amines) is 2. The van der Waals surface area contributed by atoms with Gasteiger partial charge in [-0.05, 0) is 62.5 Å². The molecule has 178 valence electrons. The van der Waals surface area contributed by atoms with E-state index in [1.807, 2.05) is 35.2 Å². The minimum atomic E-state index is 0.0969. The van der Waals surface area contributed by atoms with Crippen molar-refractivity contribution in [3.05, 3.63) is 52.1 Å². The van der Waals surface area contributed by atoms with Crippen LogP contribution in [0.1, 0.15) is 41.7 Å². The summed E-state index contributed by atoms with van der Waals surface area (Å²) in [5, 5.41) is 3.94. The second kappa shape index (κ2) is 10.2. The number of hydrogen-bond acceptors (Lipinski definition) is 8. The van der Waals surface area contributed by atoms with E-state index in [9.17, 15) is 4.79 Å². The molecule has 1 amide bonds. The van der Waals surface area contributed by atoms with Gasteiger partial charge in [0, 0.05) is 48.0 Å². The number of nitrogen functional groups attached to an aromatic ring is 1. The van der Waals surface area contributed by atoms with Gasteiger partial charge in [0.15, 0.2) is 11.6 Å². The molecule has 2 aliphatic rings. The lowest BCUT2D eigenvalue weighted by Gasteiger charge is -2.36. The maximum atomic E-state index is 13.0. The largest absolute Gasteiger partial charge is 0.483 e. The van der Waals surface area contributed by atoms with Crippen molar-refractivity contribution in [2.75, 3.05) is 31.9 Å². The number of piperidine rings is 1. The van der Waals surface area contributed by atoms with Crippen LogP contribution in [-0.4, -0.2) is 62.5 Å². The van der Waals surface area contributed by atoms with E-state index in [0.29, 0.717) is 27.4 Å². The number of carbonyl (C=O) groups is 1. The first kappa shape index (κ1) is 23.0. The van der Waals surface area contributed by atoms with Crippen LogP contribution in [0.4, 0.5) is 5.82 Å². The zero-order chi connectivity index (χ0) is 23.5. The van der Waals surface area contributed by atoms with Gasteiger partial charge in [-0.3, -0.25) is 4.79 Å². The van der Waals surface area contributed by atoms with Gasteiger partial charge in [-0.2, -0.15) is 0 Å². The summed E-state index contributed by atoms with van der Waals surface area (Å²) in [5.41, 5.74) is 9.02. The van der Waals surface area contributed by atoms with Gasteiger partial charge in [-0.25, -0.2) is 4.98 Å². The van der Waals surface area contributed by atoms with Crippen molar-refractivity contribution >= 4 is 34.9 Å². The number of nitrogens with zero attached hydrogens (tertiary/aromatic N) is 5. The smallest absolute Gasteiger partial charge is 0.253 e. The van der Waals surface area contributed by atoms with Crippen LogP contribution >= 0.6 is 23.1 Å². The molecule has 5 rings (SSSR count). The zero-order valence-electron chi connectivity index (χ0n) is 18.8. The number of rotatable bonds is 6. The number of ether oxygens (including phenoxy) is 1. The quantitative estimate of drug-likeness (QED) is 0.546. The van der Waals surface area contributed by atoms with Crippen LogP contribution in [0.3, 0.4) is 0 Å². The first-order valence-corrected chi connectivity index (χ1v) is 12.7. The molecule has 2 N–H and O–H groups in total. The van der Waals surface area contributed by atoms with Gasteiger partial charge in [0.2, 0.25) is 0 Å². The van der Waals surface area contributed by atoms with Crippen LogP contribution in [0.2, 0.25) is 4.34 Å². The Hall–Kier alpha value is -2.75. The van der Waals surface area contributed by atoms with E-state index in [0.717, 1.165) is 48.6 Å². The predicted octanol–water partition coefficient (Wildman–Crippen LogP) is 4.12. The van der Waals surface area contributed by atoms with Gasteiger partial charge in [0.25, 0.3) is 5.91 Å². The topological polar surface area (TPSA) is 97.5 Å². The molecule has 0 bridgehead atoms. The summed E-state index contributed by atoms with van der Waals surface area (Å²) in [4.78, 5) is 21.9. The number of amides is 1. The molecule has 1 aromatic carbocycles. The standard InChI is InChI=1S/C24H27ClN6O2S/c25-22-20(28-29-34-22)15-33-21-13-18(14-27-23(21)26)16-3-5-17(6-4-16)24(32)31-11-7-19(8-12-31)30-9-1-2-10-30/h3-6,13-14,19H,1-2,7-12,15H2,(H2,26,27). The Morgan fingerprint density at radius 3 is 2.53 bits per heavy atom. The van der Waals surface area contributed by atoms with E-state index in [4.69, 9.17) is 22.1 Å². The van der Waals surface area contributed by atoms with Crippen molar-refractivity contribution in [2.24, 2.45) is 0 Å². The number of nitrogens with two attached hydrogens (primary N) is 1. The second-order valence-electron chi connectivity index (χ2n) is 8.73. The molecular formula is C24H27ClN6O2S. The number of benzene rings is 1. The minimum Gasteiger partial charge on any atom is -0.483 e. The fourth-order valence-electron chi connectivity index (χ4n) is 4.69. The number of anilines is 1.